The molecule has 3 rings (SSSR count). The van der Waals surface area contributed by atoms with Gasteiger partial charge in [0, 0.05) is 35.8 Å². The number of nitrogens with zero attached hydrogens (tertiary/aromatic N) is 2. The lowest BCUT2D eigenvalue weighted by atomic mass is 10.2. The first-order chi connectivity index (χ1) is 12.7. The first-order valence-electron chi connectivity index (χ1n) is 8.17. The van der Waals surface area contributed by atoms with E-state index in [1.807, 2.05) is 24.4 Å². The van der Waals surface area contributed by atoms with E-state index in [4.69, 9.17) is 12.2 Å². The van der Waals surface area contributed by atoms with Crippen LogP contribution in [0.2, 0.25) is 0 Å². The highest BCUT2D eigenvalue weighted by molar-refractivity contribution is 7.80. The number of hydrogen-bond donors (Lipinski definition) is 2. The maximum Gasteiger partial charge on any atom is 0.187 e. The van der Waals surface area contributed by atoms with Crippen molar-refractivity contribution >= 4 is 34.4 Å². The van der Waals surface area contributed by atoms with Crippen molar-refractivity contribution in [3.8, 4) is 0 Å². The molecule has 3 aromatic rings. The van der Waals surface area contributed by atoms with E-state index in [1.165, 1.54) is 12.1 Å². The van der Waals surface area contributed by atoms with Crippen molar-refractivity contribution in [2.75, 3.05) is 6.54 Å². The van der Waals surface area contributed by atoms with Crippen molar-refractivity contribution in [1.82, 2.24) is 15.3 Å². The Bertz CT molecular complexity index is 944. The molecule has 0 saturated carbocycles. The molecule has 0 unspecified atom stereocenters. The van der Waals surface area contributed by atoms with Crippen molar-refractivity contribution in [3.63, 3.8) is 0 Å². The van der Waals surface area contributed by atoms with E-state index in [1.54, 1.807) is 24.4 Å². The Morgan fingerprint density at radius 3 is 2.73 bits per heavy atom. The second-order valence-corrected chi connectivity index (χ2v) is 6.13. The molecular formula is C20H19FN4S. The van der Waals surface area contributed by atoms with Crippen LogP contribution in [0.15, 0.2) is 72.5 Å². The zero-order chi connectivity index (χ0) is 18.4. The van der Waals surface area contributed by atoms with Gasteiger partial charge in [-0.2, -0.15) is 5.10 Å². The normalized spacial score (nSPS) is 11.0. The number of para-hydroxylation sites is 1. The van der Waals surface area contributed by atoms with Gasteiger partial charge in [0.05, 0.1) is 6.21 Å². The van der Waals surface area contributed by atoms with Gasteiger partial charge in [-0.15, -0.1) is 6.58 Å². The minimum absolute atomic E-state index is 0.231. The molecule has 0 aliphatic heterocycles. The number of aromatic nitrogens is 1. The monoisotopic (exact) mass is 366 g/mol. The molecule has 2 N–H and O–H groups in total. The van der Waals surface area contributed by atoms with Gasteiger partial charge in [-0.3, -0.25) is 5.43 Å². The predicted molar refractivity (Wildman–Crippen MR) is 109 cm³/mol. The highest BCUT2D eigenvalue weighted by Crippen LogP contribution is 2.21. The van der Waals surface area contributed by atoms with Crippen molar-refractivity contribution in [2.24, 2.45) is 5.10 Å². The van der Waals surface area contributed by atoms with Crippen LogP contribution in [0.3, 0.4) is 0 Å². The molecule has 6 heteroatoms. The van der Waals surface area contributed by atoms with E-state index in [2.05, 4.69) is 33.1 Å². The minimum Gasteiger partial charge on any atom is -0.358 e. The van der Waals surface area contributed by atoms with E-state index in [0.717, 1.165) is 22.0 Å². The third kappa shape index (κ3) is 4.34. The van der Waals surface area contributed by atoms with Crippen LogP contribution in [-0.4, -0.2) is 22.4 Å². The number of thiocarbonyl (C=S) groups is 1. The van der Waals surface area contributed by atoms with Gasteiger partial charge in [-0.05, 0) is 36.0 Å². The van der Waals surface area contributed by atoms with Crippen molar-refractivity contribution in [2.45, 2.75) is 6.54 Å². The number of hydrogen-bond acceptors (Lipinski definition) is 2. The Labute approximate surface area is 157 Å². The molecule has 0 spiro atoms. The quantitative estimate of drug-likeness (QED) is 0.302. The number of rotatable bonds is 6. The van der Waals surface area contributed by atoms with Crippen LogP contribution in [0.5, 0.6) is 0 Å². The van der Waals surface area contributed by atoms with Gasteiger partial charge in [0.2, 0.25) is 0 Å². The summed E-state index contributed by atoms with van der Waals surface area (Å²) in [7, 11) is 0. The van der Waals surface area contributed by atoms with Crippen LogP contribution < -0.4 is 10.7 Å². The molecule has 2 aromatic carbocycles. The summed E-state index contributed by atoms with van der Waals surface area (Å²) >= 11 is 5.11. The third-order valence-corrected chi connectivity index (χ3v) is 4.10. The summed E-state index contributed by atoms with van der Waals surface area (Å²) in [5.74, 6) is -0.231. The molecule has 0 aliphatic carbocycles. The van der Waals surface area contributed by atoms with Gasteiger partial charge in [0.15, 0.2) is 5.11 Å². The van der Waals surface area contributed by atoms with Gasteiger partial charge in [-0.1, -0.05) is 36.4 Å². The lowest BCUT2D eigenvalue weighted by molar-refractivity contribution is 0.626. The van der Waals surface area contributed by atoms with Crippen molar-refractivity contribution < 1.29 is 4.39 Å². The van der Waals surface area contributed by atoms with E-state index in [0.29, 0.717) is 18.2 Å². The minimum atomic E-state index is -0.231. The molecule has 0 aliphatic rings. The van der Waals surface area contributed by atoms with Crippen LogP contribution in [0.1, 0.15) is 11.1 Å². The van der Waals surface area contributed by atoms with Crippen LogP contribution >= 0.6 is 12.2 Å². The van der Waals surface area contributed by atoms with Gasteiger partial charge >= 0.3 is 0 Å². The molecule has 132 valence electrons. The number of nitrogens with one attached hydrogen (secondary N) is 2. The number of fused-ring (bicyclic) bond motifs is 1. The molecule has 1 aromatic heterocycles. The van der Waals surface area contributed by atoms with Crippen molar-refractivity contribution in [3.05, 3.63) is 84.3 Å². The van der Waals surface area contributed by atoms with E-state index in [9.17, 15) is 4.39 Å². The average Bonchev–Trinajstić information content (AvgIpc) is 3.00. The predicted octanol–water partition coefficient (Wildman–Crippen LogP) is 3.81. The summed E-state index contributed by atoms with van der Waals surface area (Å²) in [6.07, 6.45) is 5.49. The van der Waals surface area contributed by atoms with E-state index in [-0.39, 0.29) is 5.82 Å². The fourth-order valence-electron chi connectivity index (χ4n) is 2.66. The maximum absolute atomic E-state index is 13.1. The SMILES string of the molecule is C=CCNC(=S)NN=Cc1cn(Cc2ccc(F)cc2)c2ccccc12. The van der Waals surface area contributed by atoms with Gasteiger partial charge in [0.1, 0.15) is 5.82 Å². The van der Waals surface area contributed by atoms with Crippen LogP contribution in [-0.2, 0) is 6.54 Å². The summed E-state index contributed by atoms with van der Waals surface area (Å²) in [5.41, 5.74) is 5.88. The second kappa shape index (κ2) is 8.40. The Balaban J connectivity index is 1.81. The topological polar surface area (TPSA) is 41.4 Å². The molecule has 0 amide bonds. The highest BCUT2D eigenvalue weighted by atomic mass is 32.1. The zero-order valence-corrected chi connectivity index (χ0v) is 15.0. The molecule has 0 saturated heterocycles. The standard InChI is InChI=1S/C20H19FN4S/c1-2-11-22-20(26)24-23-12-16-14-25(19-6-4-3-5-18(16)19)13-15-7-9-17(21)10-8-15/h2-10,12,14H,1,11,13H2,(H2,22,24,26). The Morgan fingerprint density at radius 1 is 1.19 bits per heavy atom. The molecular weight excluding hydrogens is 347 g/mol. The lowest BCUT2D eigenvalue weighted by Gasteiger charge is -2.05. The molecule has 0 bridgehead atoms. The molecule has 0 atom stereocenters. The number of benzene rings is 2. The van der Waals surface area contributed by atoms with Gasteiger partial charge in [-0.25, -0.2) is 4.39 Å². The molecule has 0 fully saturated rings. The largest absolute Gasteiger partial charge is 0.358 e. The first kappa shape index (κ1) is 17.8. The Morgan fingerprint density at radius 2 is 1.96 bits per heavy atom. The van der Waals surface area contributed by atoms with E-state index < -0.39 is 0 Å². The fourth-order valence-corrected chi connectivity index (χ4v) is 2.80. The van der Waals surface area contributed by atoms with Crippen LogP contribution in [0, 0.1) is 5.82 Å². The average molecular weight is 366 g/mol. The van der Waals surface area contributed by atoms with Crippen molar-refractivity contribution in [1.29, 1.82) is 0 Å². The Kier molecular flexibility index (Phi) is 5.76. The van der Waals surface area contributed by atoms with Crippen LogP contribution in [0.25, 0.3) is 10.9 Å². The summed E-state index contributed by atoms with van der Waals surface area (Å²) in [6.45, 7) is 4.86. The number of halogens is 1. The van der Waals surface area contributed by atoms with Gasteiger partial charge < -0.3 is 9.88 Å². The second-order valence-electron chi connectivity index (χ2n) is 5.72. The summed E-state index contributed by atoms with van der Waals surface area (Å²) in [6, 6.07) is 14.6. The fraction of sp³-hybridized carbons (Fsp3) is 0.100. The molecule has 1 heterocycles. The zero-order valence-electron chi connectivity index (χ0n) is 14.2. The first-order valence-corrected chi connectivity index (χ1v) is 8.58. The Hall–Kier alpha value is -2.99. The van der Waals surface area contributed by atoms with Gasteiger partial charge in [0.25, 0.3) is 0 Å². The lowest BCUT2D eigenvalue weighted by Crippen LogP contribution is -2.31. The van der Waals surface area contributed by atoms with E-state index >= 15 is 0 Å². The maximum atomic E-state index is 13.1. The summed E-state index contributed by atoms with van der Waals surface area (Å²) < 4.78 is 15.2. The molecule has 4 nitrogen and oxygen atoms in total. The summed E-state index contributed by atoms with van der Waals surface area (Å²) in [4.78, 5) is 0. The third-order valence-electron chi connectivity index (χ3n) is 3.86. The van der Waals surface area contributed by atoms with Crippen LogP contribution in [0.4, 0.5) is 4.39 Å². The molecule has 26 heavy (non-hydrogen) atoms. The number of hydrazone groups is 1. The summed E-state index contributed by atoms with van der Waals surface area (Å²) in [5, 5.41) is 8.68. The highest BCUT2D eigenvalue weighted by Gasteiger charge is 2.07. The smallest absolute Gasteiger partial charge is 0.187 e. The molecule has 0 radical (unpaired) electrons.